The van der Waals surface area contributed by atoms with Gasteiger partial charge < -0.3 is 13.6 Å². The van der Waals surface area contributed by atoms with Crippen LogP contribution in [-0.2, 0) is 31.7 Å². The van der Waals surface area contributed by atoms with Crippen LogP contribution in [0.15, 0.2) is 11.0 Å². The highest BCUT2D eigenvalue weighted by molar-refractivity contribution is 7.59. The molecule has 0 rings (SSSR count). The molecule has 0 fully saturated rings. The van der Waals surface area contributed by atoms with Crippen LogP contribution in [0.5, 0.6) is 0 Å². The largest absolute Gasteiger partial charge is 0.530 e. The van der Waals surface area contributed by atoms with E-state index in [2.05, 4.69) is 0 Å². The molecule has 144 valence electrons. The molecule has 24 heavy (non-hydrogen) atoms. The van der Waals surface area contributed by atoms with Crippen LogP contribution in [-0.4, -0.2) is 49.9 Å². The molecule has 0 N–H and O–H groups in total. The van der Waals surface area contributed by atoms with E-state index in [1.54, 1.807) is 0 Å². The molecule has 0 saturated heterocycles. The Morgan fingerprint density at radius 1 is 0.750 bits per heavy atom. The molecule has 14 heteroatoms. The summed E-state index contributed by atoms with van der Waals surface area (Å²) < 4.78 is 50.4. The Hall–Kier alpha value is 1.29. The number of rotatable bonds is 15. The zero-order valence-electron chi connectivity index (χ0n) is 12.4. The fourth-order valence-corrected chi connectivity index (χ4v) is 5.21. The average Bonchev–Trinajstić information content (AvgIpc) is 2.59. The standard InChI is InChI=1S/C10H17Cl5O7P2/c11-1-5-18-23(16,19-6-2-12)10(9-15)22-24(17,20-7-3-13)21-8-4-14/h9H,1-8H2/b10-9-. The highest BCUT2D eigenvalue weighted by atomic mass is 35.5. The van der Waals surface area contributed by atoms with E-state index in [0.29, 0.717) is 0 Å². The van der Waals surface area contributed by atoms with Gasteiger partial charge in [-0.05, 0) is 0 Å². The van der Waals surface area contributed by atoms with Crippen LogP contribution in [0.25, 0.3) is 0 Å². The Labute approximate surface area is 165 Å². The summed E-state index contributed by atoms with van der Waals surface area (Å²) in [4.78, 5) is 0. The molecule has 0 aromatic carbocycles. The normalized spacial score (nSPS) is 13.3. The van der Waals surface area contributed by atoms with Crippen LogP contribution in [0.3, 0.4) is 0 Å². The van der Waals surface area contributed by atoms with Crippen molar-refractivity contribution in [1.82, 2.24) is 0 Å². The molecule has 0 aromatic heterocycles. The van der Waals surface area contributed by atoms with E-state index in [4.69, 9.17) is 80.6 Å². The molecule has 0 amide bonds. The number of hydrogen-bond acceptors (Lipinski definition) is 7. The third kappa shape index (κ3) is 9.84. The van der Waals surface area contributed by atoms with E-state index >= 15 is 0 Å². The number of alkyl halides is 4. The van der Waals surface area contributed by atoms with Crippen molar-refractivity contribution in [2.75, 3.05) is 49.9 Å². The molecule has 0 saturated carbocycles. The molecule has 0 radical (unpaired) electrons. The van der Waals surface area contributed by atoms with Gasteiger partial charge >= 0.3 is 15.4 Å². The molecule has 0 unspecified atom stereocenters. The summed E-state index contributed by atoms with van der Waals surface area (Å²) in [6.45, 7) is -0.611. The zero-order valence-corrected chi connectivity index (χ0v) is 17.9. The minimum absolute atomic E-state index is 0.0145. The number of phosphoric acid groups is 1. The van der Waals surface area contributed by atoms with Crippen molar-refractivity contribution in [3.8, 4) is 0 Å². The Morgan fingerprint density at radius 3 is 1.46 bits per heavy atom. The third-order valence-electron chi connectivity index (χ3n) is 1.90. The summed E-state index contributed by atoms with van der Waals surface area (Å²) in [6.07, 6.45) is 0. The van der Waals surface area contributed by atoms with Crippen LogP contribution < -0.4 is 0 Å². The molecule has 0 aliphatic rings. The molecule has 0 spiro atoms. The number of phosphoric ester groups is 1. The van der Waals surface area contributed by atoms with Crippen LogP contribution in [0.1, 0.15) is 0 Å². The van der Waals surface area contributed by atoms with Crippen molar-refractivity contribution in [3.63, 3.8) is 0 Å². The maximum Gasteiger partial charge on any atom is 0.530 e. The van der Waals surface area contributed by atoms with Gasteiger partial charge in [0.15, 0.2) is 0 Å². The van der Waals surface area contributed by atoms with Gasteiger partial charge in [0.05, 0.1) is 32.0 Å². The third-order valence-corrected chi connectivity index (χ3v) is 6.23. The predicted molar refractivity (Wildman–Crippen MR) is 96.9 cm³/mol. The fourth-order valence-electron chi connectivity index (χ4n) is 1.10. The highest BCUT2D eigenvalue weighted by Gasteiger charge is 2.40. The minimum atomic E-state index is -4.21. The quantitative estimate of drug-likeness (QED) is 0.174. The Morgan fingerprint density at radius 2 is 1.12 bits per heavy atom. The zero-order chi connectivity index (χ0) is 18.5. The summed E-state index contributed by atoms with van der Waals surface area (Å²) >= 11 is 27.6. The molecule has 0 aliphatic heterocycles. The van der Waals surface area contributed by atoms with Gasteiger partial charge in [-0.3, -0.25) is 13.6 Å². The topological polar surface area (TPSA) is 80.3 Å². The van der Waals surface area contributed by atoms with Gasteiger partial charge in [-0.1, -0.05) is 11.6 Å². The minimum Gasteiger partial charge on any atom is -0.394 e. The van der Waals surface area contributed by atoms with Gasteiger partial charge in [-0.2, -0.15) is 0 Å². The van der Waals surface area contributed by atoms with Gasteiger partial charge in [-0.15, -0.1) is 46.4 Å². The van der Waals surface area contributed by atoms with Crippen molar-refractivity contribution in [1.29, 1.82) is 0 Å². The van der Waals surface area contributed by atoms with Crippen LogP contribution >= 0.6 is 73.4 Å². The first kappa shape index (κ1) is 25.3. The Balaban J connectivity index is 5.33. The first-order valence-corrected chi connectivity index (χ1v) is 12.0. The number of hydrogen-bond donors (Lipinski definition) is 0. The maximum absolute atomic E-state index is 12.8. The van der Waals surface area contributed by atoms with Crippen molar-refractivity contribution >= 4 is 73.4 Å². The Bertz CT molecular complexity index is 441. The van der Waals surface area contributed by atoms with E-state index in [1.165, 1.54) is 0 Å². The lowest BCUT2D eigenvalue weighted by atomic mass is 10.9. The first-order chi connectivity index (χ1) is 11.4. The first-order valence-electron chi connectivity index (χ1n) is 6.44. The van der Waals surface area contributed by atoms with Crippen molar-refractivity contribution in [3.05, 3.63) is 11.0 Å². The molecular formula is C10H17Cl5O7P2. The second kappa shape index (κ2) is 14.4. The van der Waals surface area contributed by atoms with Crippen molar-refractivity contribution in [2.45, 2.75) is 0 Å². The predicted octanol–water partition coefficient (Wildman–Crippen LogP) is 5.36. The highest BCUT2D eigenvalue weighted by Crippen LogP contribution is 2.63. The van der Waals surface area contributed by atoms with Gasteiger partial charge in [0.2, 0.25) is 5.50 Å². The van der Waals surface area contributed by atoms with Crippen molar-refractivity contribution in [2.24, 2.45) is 0 Å². The number of halogens is 5. The molecule has 0 aliphatic carbocycles. The summed E-state index contributed by atoms with van der Waals surface area (Å²) in [5, 5.41) is 0. The molecule has 0 bridgehead atoms. The molecule has 7 nitrogen and oxygen atoms in total. The lowest BCUT2D eigenvalue weighted by Crippen LogP contribution is -2.08. The second-order valence-corrected chi connectivity index (χ2v) is 8.85. The van der Waals surface area contributed by atoms with Crippen LogP contribution in [0.2, 0.25) is 0 Å². The van der Waals surface area contributed by atoms with Gasteiger partial charge in [-0.25, -0.2) is 4.57 Å². The molecule has 0 aromatic rings. The van der Waals surface area contributed by atoms with Crippen molar-refractivity contribution < 1.29 is 31.7 Å². The van der Waals surface area contributed by atoms with Gasteiger partial charge in [0, 0.05) is 23.5 Å². The van der Waals surface area contributed by atoms with E-state index < -0.39 is 20.9 Å². The van der Waals surface area contributed by atoms with E-state index in [9.17, 15) is 9.13 Å². The smallest absolute Gasteiger partial charge is 0.394 e. The molecule has 0 heterocycles. The SMILES string of the molecule is O=P(OCCCl)(OCCCl)O/C(=C/Cl)P(=O)(OCCCl)OCCCl. The summed E-state index contributed by atoms with van der Waals surface area (Å²) in [6, 6.07) is 0. The second-order valence-electron chi connectivity index (χ2n) is 3.57. The fraction of sp³-hybridized carbons (Fsp3) is 0.800. The summed E-state index contributed by atoms with van der Waals surface area (Å²) in [5.74, 6) is 0.0707. The summed E-state index contributed by atoms with van der Waals surface area (Å²) in [7, 11) is -8.29. The van der Waals surface area contributed by atoms with Gasteiger partial charge in [0.25, 0.3) is 0 Å². The molecular weight excluding hydrogens is 471 g/mol. The Kier molecular flexibility index (Phi) is 15.1. The average molecular weight is 488 g/mol. The maximum atomic E-state index is 12.8. The van der Waals surface area contributed by atoms with E-state index in [0.717, 1.165) is 5.54 Å². The summed E-state index contributed by atoms with van der Waals surface area (Å²) in [5.41, 5.74) is 0.163. The van der Waals surface area contributed by atoms with Crippen LogP contribution in [0, 0.1) is 0 Å². The van der Waals surface area contributed by atoms with Gasteiger partial charge in [0.1, 0.15) is 0 Å². The van der Waals surface area contributed by atoms with E-state index in [1.807, 2.05) is 0 Å². The monoisotopic (exact) mass is 486 g/mol. The van der Waals surface area contributed by atoms with Crippen LogP contribution in [0.4, 0.5) is 0 Å². The lowest BCUT2D eigenvalue weighted by molar-refractivity contribution is 0.143. The molecule has 0 atom stereocenters. The lowest BCUT2D eigenvalue weighted by Gasteiger charge is -2.23. The van der Waals surface area contributed by atoms with E-state index in [-0.39, 0.29) is 49.9 Å².